The third-order valence-corrected chi connectivity index (χ3v) is 3.16. The zero-order valence-corrected chi connectivity index (χ0v) is 11.2. The molecule has 2 aromatic rings. The highest BCUT2D eigenvalue weighted by atomic mass is 35.5. The third kappa shape index (κ3) is 2.59. The Kier molecular flexibility index (Phi) is 4.20. The van der Waals surface area contributed by atoms with Crippen LogP contribution in [-0.4, -0.2) is 7.11 Å². The zero-order valence-electron chi connectivity index (χ0n) is 10.5. The maximum atomic E-state index is 13.8. The van der Waals surface area contributed by atoms with Crippen molar-refractivity contribution in [3.63, 3.8) is 0 Å². The normalized spacial score (nSPS) is 12.3. The minimum Gasteiger partial charge on any atom is -0.496 e. The van der Waals surface area contributed by atoms with E-state index in [0.29, 0.717) is 16.3 Å². The summed E-state index contributed by atoms with van der Waals surface area (Å²) in [5, 5.41) is 0.374. The van der Waals surface area contributed by atoms with Gasteiger partial charge < -0.3 is 10.5 Å². The Morgan fingerprint density at radius 3 is 2.40 bits per heavy atom. The van der Waals surface area contributed by atoms with Crippen molar-refractivity contribution in [3.8, 4) is 5.75 Å². The first-order valence-corrected chi connectivity index (χ1v) is 6.06. The van der Waals surface area contributed by atoms with Crippen LogP contribution >= 0.6 is 11.6 Å². The van der Waals surface area contributed by atoms with E-state index in [-0.39, 0.29) is 5.56 Å². The monoisotopic (exact) mass is 301 g/mol. The number of ether oxygens (including phenoxy) is 1. The predicted octanol–water partition coefficient (Wildman–Crippen LogP) is 3.81. The maximum Gasteiger partial charge on any atom is 0.194 e. The average molecular weight is 302 g/mol. The fourth-order valence-corrected chi connectivity index (χ4v) is 2.08. The first-order chi connectivity index (χ1) is 9.45. The number of rotatable bonds is 3. The minimum absolute atomic E-state index is 0.176. The predicted molar refractivity (Wildman–Crippen MR) is 70.4 cm³/mol. The molecule has 0 spiro atoms. The molecule has 0 fully saturated rings. The lowest BCUT2D eigenvalue weighted by atomic mass is 9.98. The van der Waals surface area contributed by atoms with Crippen LogP contribution < -0.4 is 10.5 Å². The second kappa shape index (κ2) is 5.73. The van der Waals surface area contributed by atoms with Gasteiger partial charge in [-0.3, -0.25) is 0 Å². The first kappa shape index (κ1) is 14.7. The molecule has 0 bridgehead atoms. The molecule has 0 saturated carbocycles. The number of nitrogens with two attached hydrogens (primary N) is 1. The van der Waals surface area contributed by atoms with Crippen molar-refractivity contribution in [2.45, 2.75) is 6.04 Å². The van der Waals surface area contributed by atoms with Gasteiger partial charge in [0.25, 0.3) is 0 Å². The molecule has 1 unspecified atom stereocenters. The van der Waals surface area contributed by atoms with E-state index in [1.54, 1.807) is 12.1 Å². The summed E-state index contributed by atoms with van der Waals surface area (Å²) in [7, 11) is 1.42. The van der Waals surface area contributed by atoms with E-state index in [1.807, 2.05) is 0 Å². The van der Waals surface area contributed by atoms with Crippen LogP contribution in [0.2, 0.25) is 5.02 Å². The lowest BCUT2D eigenvalue weighted by Gasteiger charge is -2.17. The topological polar surface area (TPSA) is 35.2 Å². The molecular weight excluding hydrogens is 291 g/mol. The van der Waals surface area contributed by atoms with E-state index >= 15 is 0 Å². The molecule has 20 heavy (non-hydrogen) atoms. The average Bonchev–Trinajstić information content (AvgIpc) is 2.44. The molecule has 0 aromatic heterocycles. The Labute approximate surface area is 118 Å². The summed E-state index contributed by atoms with van der Waals surface area (Å²) < 4.78 is 45.1. The molecule has 2 nitrogen and oxygen atoms in total. The Morgan fingerprint density at radius 2 is 1.75 bits per heavy atom. The van der Waals surface area contributed by atoms with Crippen LogP contribution in [0.3, 0.4) is 0 Å². The number of benzene rings is 2. The highest BCUT2D eigenvalue weighted by Crippen LogP contribution is 2.32. The van der Waals surface area contributed by atoms with Crippen molar-refractivity contribution in [3.05, 3.63) is 63.9 Å². The van der Waals surface area contributed by atoms with Crippen LogP contribution in [0, 0.1) is 17.5 Å². The van der Waals surface area contributed by atoms with Crippen molar-refractivity contribution in [1.82, 2.24) is 0 Å². The Bertz CT molecular complexity index is 649. The molecule has 0 radical (unpaired) electrons. The van der Waals surface area contributed by atoms with Gasteiger partial charge in [-0.25, -0.2) is 13.2 Å². The van der Waals surface area contributed by atoms with E-state index in [2.05, 4.69) is 0 Å². The van der Waals surface area contributed by atoms with Crippen LogP contribution in [0.15, 0.2) is 30.3 Å². The quantitative estimate of drug-likeness (QED) is 0.875. The zero-order chi connectivity index (χ0) is 14.9. The van der Waals surface area contributed by atoms with Gasteiger partial charge in [-0.2, -0.15) is 0 Å². The summed E-state index contributed by atoms with van der Waals surface area (Å²) in [5.41, 5.74) is 6.12. The van der Waals surface area contributed by atoms with Crippen LogP contribution in [0.1, 0.15) is 17.2 Å². The van der Waals surface area contributed by atoms with Gasteiger partial charge in [0.05, 0.1) is 13.2 Å². The second-order valence-electron chi connectivity index (χ2n) is 4.13. The van der Waals surface area contributed by atoms with Crippen LogP contribution in [0.25, 0.3) is 0 Å². The van der Waals surface area contributed by atoms with Crippen molar-refractivity contribution >= 4 is 11.6 Å². The second-order valence-corrected chi connectivity index (χ2v) is 4.56. The molecule has 2 aromatic carbocycles. The maximum absolute atomic E-state index is 13.8. The first-order valence-electron chi connectivity index (χ1n) is 5.68. The molecule has 2 rings (SSSR count). The van der Waals surface area contributed by atoms with E-state index in [1.165, 1.54) is 13.2 Å². The third-order valence-electron chi connectivity index (χ3n) is 2.93. The molecule has 0 saturated heterocycles. The number of hydrogen-bond acceptors (Lipinski definition) is 2. The summed E-state index contributed by atoms with van der Waals surface area (Å²) in [6.07, 6.45) is 0. The Balaban J connectivity index is 2.54. The Hall–Kier alpha value is -1.72. The summed E-state index contributed by atoms with van der Waals surface area (Å²) in [6, 6.07) is 5.53. The van der Waals surface area contributed by atoms with Crippen molar-refractivity contribution in [2.24, 2.45) is 5.73 Å². The highest BCUT2D eigenvalue weighted by molar-refractivity contribution is 6.30. The standard InChI is InChI=1S/C14H11ClF3NO/c1-20-11-5-2-7(15)6-9(11)14(19)8-3-4-10(16)13(18)12(8)17/h2-6,14H,19H2,1H3. The smallest absolute Gasteiger partial charge is 0.194 e. The van der Waals surface area contributed by atoms with Gasteiger partial charge in [-0.1, -0.05) is 17.7 Å². The van der Waals surface area contributed by atoms with Crippen molar-refractivity contribution in [1.29, 1.82) is 0 Å². The fraction of sp³-hybridized carbons (Fsp3) is 0.143. The SMILES string of the molecule is COc1ccc(Cl)cc1C(N)c1ccc(F)c(F)c1F. The van der Waals surface area contributed by atoms with Gasteiger partial charge in [-0.05, 0) is 24.3 Å². The van der Waals surface area contributed by atoms with Gasteiger partial charge in [-0.15, -0.1) is 0 Å². The summed E-state index contributed by atoms with van der Waals surface area (Å²) >= 11 is 5.86. The molecule has 0 aliphatic heterocycles. The lowest BCUT2D eigenvalue weighted by molar-refractivity contribution is 0.405. The molecule has 2 N–H and O–H groups in total. The van der Waals surface area contributed by atoms with Gasteiger partial charge in [0.15, 0.2) is 17.5 Å². The van der Waals surface area contributed by atoms with E-state index in [4.69, 9.17) is 22.1 Å². The molecule has 0 aliphatic rings. The molecular formula is C14H11ClF3NO. The van der Waals surface area contributed by atoms with E-state index in [9.17, 15) is 13.2 Å². The molecule has 0 heterocycles. The van der Waals surface area contributed by atoms with Gasteiger partial charge in [0.1, 0.15) is 5.75 Å². The molecule has 0 aliphatic carbocycles. The van der Waals surface area contributed by atoms with E-state index < -0.39 is 23.5 Å². The molecule has 106 valence electrons. The number of halogens is 4. The van der Waals surface area contributed by atoms with Gasteiger partial charge in [0, 0.05) is 16.1 Å². The van der Waals surface area contributed by atoms with Crippen molar-refractivity contribution in [2.75, 3.05) is 7.11 Å². The van der Waals surface area contributed by atoms with E-state index in [0.717, 1.165) is 12.1 Å². The molecule has 1 atom stereocenters. The highest BCUT2D eigenvalue weighted by Gasteiger charge is 2.22. The van der Waals surface area contributed by atoms with Crippen molar-refractivity contribution < 1.29 is 17.9 Å². The Morgan fingerprint density at radius 1 is 1.05 bits per heavy atom. The van der Waals surface area contributed by atoms with Crippen LogP contribution in [-0.2, 0) is 0 Å². The fourth-order valence-electron chi connectivity index (χ4n) is 1.90. The van der Waals surface area contributed by atoms with Crippen LogP contribution in [0.5, 0.6) is 5.75 Å². The number of methoxy groups -OCH3 is 1. The summed E-state index contributed by atoms with van der Waals surface area (Å²) in [5.74, 6) is -3.76. The molecule has 6 heteroatoms. The summed E-state index contributed by atoms with van der Waals surface area (Å²) in [4.78, 5) is 0. The van der Waals surface area contributed by atoms with Gasteiger partial charge >= 0.3 is 0 Å². The largest absolute Gasteiger partial charge is 0.496 e. The summed E-state index contributed by atoms with van der Waals surface area (Å²) in [6.45, 7) is 0. The minimum atomic E-state index is -1.56. The van der Waals surface area contributed by atoms with Crippen LogP contribution in [0.4, 0.5) is 13.2 Å². The van der Waals surface area contributed by atoms with Gasteiger partial charge in [0.2, 0.25) is 0 Å². The molecule has 0 amide bonds. The lowest BCUT2D eigenvalue weighted by Crippen LogP contribution is -2.16. The number of hydrogen-bond donors (Lipinski definition) is 1.